The maximum Gasteiger partial charge on any atom is 0.362 e. The van der Waals surface area contributed by atoms with Crippen molar-refractivity contribution in [3.05, 3.63) is 36.0 Å². The number of pyridine rings is 1. The number of hydrogen-bond acceptors (Lipinski definition) is 10. The lowest BCUT2D eigenvalue weighted by Crippen LogP contribution is -2.47. The van der Waals surface area contributed by atoms with E-state index in [9.17, 15) is 27.6 Å². The normalized spacial score (nSPS) is 25.7. The number of Topliss-reactive ketones (excluding diaryl/α,β-unsaturated/α-hetero) is 1. The van der Waals surface area contributed by atoms with Crippen LogP contribution in [0.3, 0.4) is 0 Å². The lowest BCUT2D eigenvalue weighted by molar-refractivity contribution is -0.160. The van der Waals surface area contributed by atoms with Crippen molar-refractivity contribution in [1.82, 2.24) is 14.6 Å². The first-order valence-corrected chi connectivity index (χ1v) is 21.2. The van der Waals surface area contributed by atoms with Crippen LogP contribution in [0.4, 0.5) is 0 Å². The molecule has 12 nitrogen and oxygen atoms in total. The predicted octanol–water partition coefficient (Wildman–Crippen LogP) is 6.52. The van der Waals surface area contributed by atoms with E-state index in [1.807, 2.05) is 45.0 Å². The second kappa shape index (κ2) is 15.5. The van der Waals surface area contributed by atoms with Crippen LogP contribution in [0.2, 0.25) is 0 Å². The number of fused-ring (bicyclic) bond motifs is 1. The molecule has 5 atom stereocenters. The van der Waals surface area contributed by atoms with Crippen LogP contribution in [-0.4, -0.2) is 71.8 Å². The Balaban J connectivity index is 1.26. The number of esters is 1. The molecule has 0 bridgehead atoms. The first kappa shape index (κ1) is 40.1. The average Bonchev–Trinajstić information content (AvgIpc) is 3.84. The van der Waals surface area contributed by atoms with E-state index in [-0.39, 0.29) is 49.3 Å². The smallest absolute Gasteiger partial charge is 0.362 e. The summed E-state index contributed by atoms with van der Waals surface area (Å²) in [5.41, 5.74) is -1.66. The number of aromatic nitrogens is 1. The highest BCUT2D eigenvalue weighted by Crippen LogP contribution is 2.58. The SMILES string of the molecule is CCCC1(OS(=O)(=O)NC(=O)[C@@]2(CC(=O)[C@@H]3C[C@@H](Oc4nccc5cc(C)ccc45)CN3C(=O)[C@@H](CC(=O)OC(C)(C)C)C3CCCC3)C[C@H]2CC)CC1. The summed E-state index contributed by atoms with van der Waals surface area (Å²) in [5, 5.41) is 1.75. The Labute approximate surface area is 319 Å². The number of amides is 2. The van der Waals surface area contributed by atoms with Gasteiger partial charge >= 0.3 is 16.3 Å². The molecular weight excluding hydrogens is 711 g/mol. The van der Waals surface area contributed by atoms with Crippen molar-refractivity contribution in [3.63, 3.8) is 0 Å². The highest BCUT2D eigenvalue weighted by molar-refractivity contribution is 7.85. The van der Waals surface area contributed by atoms with Crippen molar-refractivity contribution >= 4 is 44.6 Å². The fourth-order valence-corrected chi connectivity index (χ4v) is 10.1. The molecule has 13 heteroatoms. The summed E-state index contributed by atoms with van der Waals surface area (Å²) in [6, 6.07) is 6.90. The third kappa shape index (κ3) is 9.09. The number of carbonyl (C=O) groups excluding carboxylic acids is 4. The van der Waals surface area contributed by atoms with Gasteiger partial charge in [0.1, 0.15) is 11.7 Å². The van der Waals surface area contributed by atoms with Crippen LogP contribution in [-0.2, 0) is 38.4 Å². The van der Waals surface area contributed by atoms with Gasteiger partial charge in [-0.15, -0.1) is 0 Å². The van der Waals surface area contributed by atoms with E-state index in [1.54, 1.807) is 31.9 Å². The summed E-state index contributed by atoms with van der Waals surface area (Å²) in [5.74, 6) is -2.39. The van der Waals surface area contributed by atoms with E-state index >= 15 is 0 Å². The van der Waals surface area contributed by atoms with Crippen molar-refractivity contribution in [2.24, 2.45) is 23.2 Å². The molecule has 0 radical (unpaired) electrons. The number of rotatable bonds is 16. The molecule has 2 aromatic rings. The molecule has 6 rings (SSSR count). The molecule has 1 N–H and O–H groups in total. The Hall–Kier alpha value is -3.58. The minimum absolute atomic E-state index is 0.0404. The number of nitrogens with zero attached hydrogens (tertiary/aromatic N) is 2. The topological polar surface area (TPSA) is 158 Å². The van der Waals surface area contributed by atoms with Crippen molar-refractivity contribution in [2.45, 2.75) is 148 Å². The van der Waals surface area contributed by atoms with Gasteiger partial charge in [0.15, 0.2) is 5.78 Å². The second-order valence-corrected chi connectivity index (χ2v) is 18.6. The molecule has 2 heterocycles. The number of aryl methyl sites for hydroxylation is 1. The lowest BCUT2D eigenvalue weighted by Gasteiger charge is -2.31. The van der Waals surface area contributed by atoms with Gasteiger partial charge in [0, 0.05) is 24.4 Å². The van der Waals surface area contributed by atoms with Crippen molar-refractivity contribution in [2.75, 3.05) is 6.54 Å². The highest BCUT2D eigenvalue weighted by atomic mass is 32.2. The van der Waals surface area contributed by atoms with Crippen LogP contribution in [0, 0.1) is 30.1 Å². The van der Waals surface area contributed by atoms with Gasteiger partial charge in [-0.25, -0.2) is 13.9 Å². The second-order valence-electron chi connectivity index (χ2n) is 17.3. The Bertz CT molecular complexity index is 1860. The number of hydrogen-bond donors (Lipinski definition) is 1. The summed E-state index contributed by atoms with van der Waals surface area (Å²) in [6.07, 6.45) is 7.84. The Kier molecular flexibility index (Phi) is 11.5. The molecule has 296 valence electrons. The maximum absolute atomic E-state index is 14.7. The van der Waals surface area contributed by atoms with E-state index in [4.69, 9.17) is 13.7 Å². The molecule has 4 fully saturated rings. The van der Waals surface area contributed by atoms with Crippen LogP contribution in [0.15, 0.2) is 30.5 Å². The van der Waals surface area contributed by atoms with Crippen molar-refractivity contribution in [3.8, 4) is 5.88 Å². The summed E-state index contributed by atoms with van der Waals surface area (Å²) < 4.78 is 45.9. The standard InChI is InChI=1S/C41H57N3O9S/c1-7-16-40(17-18-40)53-54(49,50)43-38(48)41(23-29(41)8-2)24-34(45)33-21-30(51-36-31-14-13-26(3)20-28(31)15-19-42-36)25-44(33)37(47)32(27-11-9-10-12-27)22-35(46)52-39(4,5)6/h13-15,19-20,27,29-30,32-33H,7-12,16-18,21-25H2,1-6H3,(H,43,48)/t29-,30-,32+,33+,41-/m1/s1. The fourth-order valence-electron chi connectivity index (χ4n) is 8.90. The van der Waals surface area contributed by atoms with Gasteiger partial charge in [-0.1, -0.05) is 57.2 Å². The number of nitrogens with one attached hydrogen (secondary N) is 1. The van der Waals surface area contributed by atoms with Gasteiger partial charge in [-0.2, -0.15) is 8.42 Å². The molecule has 1 aliphatic heterocycles. The van der Waals surface area contributed by atoms with Gasteiger partial charge in [0.05, 0.1) is 35.9 Å². The molecular formula is C41H57N3O9S. The molecule has 4 aliphatic rings. The number of ether oxygens (including phenoxy) is 2. The van der Waals surface area contributed by atoms with Crippen LogP contribution in [0.1, 0.15) is 124 Å². The number of carbonyl (C=O) groups is 4. The van der Waals surface area contributed by atoms with Crippen molar-refractivity contribution < 1.29 is 41.3 Å². The largest absolute Gasteiger partial charge is 0.472 e. The Morgan fingerprint density at radius 1 is 1.07 bits per heavy atom. The zero-order valence-corrected chi connectivity index (χ0v) is 33.5. The third-order valence-electron chi connectivity index (χ3n) is 11.9. The van der Waals surface area contributed by atoms with Gasteiger partial charge in [0.25, 0.3) is 0 Å². The molecule has 1 aromatic carbocycles. The lowest BCUT2D eigenvalue weighted by atomic mass is 9.86. The van der Waals surface area contributed by atoms with E-state index in [1.165, 1.54) is 0 Å². The van der Waals surface area contributed by atoms with Crippen LogP contribution < -0.4 is 9.46 Å². The molecule has 0 spiro atoms. The summed E-state index contributed by atoms with van der Waals surface area (Å²) >= 11 is 0. The minimum Gasteiger partial charge on any atom is -0.472 e. The Morgan fingerprint density at radius 2 is 1.80 bits per heavy atom. The number of ketones is 1. The molecule has 3 aliphatic carbocycles. The molecule has 1 aromatic heterocycles. The zero-order valence-electron chi connectivity index (χ0n) is 32.6. The summed E-state index contributed by atoms with van der Waals surface area (Å²) in [4.78, 5) is 62.4. The van der Waals surface area contributed by atoms with Gasteiger partial charge in [-0.3, -0.25) is 19.2 Å². The molecule has 54 heavy (non-hydrogen) atoms. The predicted molar refractivity (Wildman–Crippen MR) is 202 cm³/mol. The first-order chi connectivity index (χ1) is 25.5. The zero-order chi connectivity index (χ0) is 39.1. The van der Waals surface area contributed by atoms with Gasteiger partial charge in [-0.05, 0) is 95.6 Å². The quantitative estimate of drug-likeness (QED) is 0.187. The van der Waals surface area contributed by atoms with Gasteiger partial charge in [0.2, 0.25) is 17.7 Å². The summed E-state index contributed by atoms with van der Waals surface area (Å²) in [7, 11) is -4.41. The third-order valence-corrected chi connectivity index (χ3v) is 12.9. The number of benzene rings is 1. The van der Waals surface area contributed by atoms with Crippen LogP contribution >= 0.6 is 0 Å². The minimum atomic E-state index is -4.41. The fraction of sp³-hybridized carbons (Fsp3) is 0.683. The van der Waals surface area contributed by atoms with E-state index < -0.39 is 56.9 Å². The van der Waals surface area contributed by atoms with Crippen LogP contribution in [0.25, 0.3) is 10.8 Å². The van der Waals surface area contributed by atoms with Gasteiger partial charge < -0.3 is 14.4 Å². The highest BCUT2D eigenvalue weighted by Gasteiger charge is 2.62. The van der Waals surface area contributed by atoms with Crippen molar-refractivity contribution in [1.29, 1.82) is 0 Å². The Morgan fingerprint density at radius 3 is 2.43 bits per heavy atom. The maximum atomic E-state index is 14.7. The van der Waals surface area contributed by atoms with Crippen LogP contribution in [0.5, 0.6) is 5.88 Å². The molecule has 3 saturated carbocycles. The monoisotopic (exact) mass is 767 g/mol. The molecule has 2 amide bonds. The van der Waals surface area contributed by atoms with E-state index in [2.05, 4.69) is 9.71 Å². The van der Waals surface area contributed by atoms with E-state index in [0.717, 1.165) is 48.4 Å². The summed E-state index contributed by atoms with van der Waals surface area (Å²) in [6.45, 7) is 11.3. The first-order valence-electron chi connectivity index (χ1n) is 19.8. The number of likely N-dealkylation sites (tertiary alicyclic amines) is 1. The van der Waals surface area contributed by atoms with E-state index in [0.29, 0.717) is 38.0 Å². The molecule has 1 saturated heterocycles. The average molecular weight is 768 g/mol. The molecule has 0 unspecified atom stereocenters.